The van der Waals surface area contributed by atoms with Crippen LogP contribution in [-0.4, -0.2) is 24.6 Å². The molecule has 2 heterocycles. The van der Waals surface area contributed by atoms with Gasteiger partial charge in [-0.15, -0.1) is 0 Å². The second kappa shape index (κ2) is 9.13. The summed E-state index contributed by atoms with van der Waals surface area (Å²) in [4.78, 5) is 11.8. The van der Waals surface area contributed by atoms with Gasteiger partial charge in [0.25, 0.3) is 0 Å². The van der Waals surface area contributed by atoms with Crippen LogP contribution in [0.4, 0.5) is 26.3 Å². The maximum absolute atomic E-state index is 13.3. The maximum atomic E-state index is 13.3. The smallest absolute Gasteiger partial charge is 0.372 e. The molecule has 2 aromatic carbocycles. The van der Waals surface area contributed by atoms with Crippen LogP contribution in [0.25, 0.3) is 0 Å². The summed E-state index contributed by atoms with van der Waals surface area (Å²) in [5.41, 5.74) is -3.11. The summed E-state index contributed by atoms with van der Waals surface area (Å²) in [5, 5.41) is 6.52. The van der Waals surface area contributed by atoms with Crippen LogP contribution < -0.4 is 10.6 Å². The Morgan fingerprint density at radius 1 is 0.943 bits per heavy atom. The van der Waals surface area contributed by atoms with E-state index in [1.807, 2.05) is 30.3 Å². The number of hydrogen-bond acceptors (Lipinski definition) is 3. The first-order valence-corrected chi connectivity index (χ1v) is 11.3. The number of ether oxygens (including phenoxy) is 1. The monoisotopic (exact) mass is 500 g/mol. The van der Waals surface area contributed by atoms with E-state index in [2.05, 4.69) is 10.6 Å². The van der Waals surface area contributed by atoms with Crippen LogP contribution in [0.15, 0.2) is 48.5 Å². The van der Waals surface area contributed by atoms with Crippen LogP contribution in [0, 0.1) is 0 Å². The highest BCUT2D eigenvalue weighted by Crippen LogP contribution is 2.40. The molecule has 0 aromatic heterocycles. The predicted octanol–water partition coefficient (Wildman–Crippen LogP) is 5.73. The van der Waals surface area contributed by atoms with Gasteiger partial charge in [-0.1, -0.05) is 30.3 Å². The fourth-order valence-electron chi connectivity index (χ4n) is 4.85. The summed E-state index contributed by atoms with van der Waals surface area (Å²) in [5.74, 6) is -0.00565. The van der Waals surface area contributed by atoms with Gasteiger partial charge in [-0.3, -0.25) is 4.79 Å². The molecular weight excluding hydrogens is 474 g/mol. The number of halogens is 6. The third kappa shape index (κ3) is 5.48. The topological polar surface area (TPSA) is 50.4 Å². The van der Waals surface area contributed by atoms with Gasteiger partial charge in [-0.2, -0.15) is 26.3 Å². The molecule has 3 atom stereocenters. The Kier molecular flexibility index (Phi) is 6.65. The Hall–Kier alpha value is -2.59. The quantitative estimate of drug-likeness (QED) is 0.516. The van der Waals surface area contributed by atoms with E-state index in [0.717, 1.165) is 5.56 Å². The van der Waals surface area contributed by atoms with Crippen molar-refractivity contribution in [1.82, 2.24) is 10.6 Å². The first kappa shape index (κ1) is 25.5. The molecule has 1 spiro atoms. The molecule has 2 fully saturated rings. The molecular formula is C25H26F6N2O2. The van der Waals surface area contributed by atoms with E-state index < -0.39 is 35.1 Å². The highest BCUT2D eigenvalue weighted by atomic mass is 19.4. The second-order valence-electron chi connectivity index (χ2n) is 9.42. The van der Waals surface area contributed by atoms with Crippen LogP contribution in [0.2, 0.25) is 0 Å². The second-order valence-corrected chi connectivity index (χ2v) is 9.42. The summed E-state index contributed by atoms with van der Waals surface area (Å²) in [6.45, 7) is 1.95. The molecule has 4 nitrogen and oxygen atoms in total. The fraction of sp³-hybridized carbons (Fsp3) is 0.480. The Labute approximate surface area is 199 Å². The zero-order chi connectivity index (χ0) is 25.5. The molecule has 10 heteroatoms. The minimum Gasteiger partial charge on any atom is -0.372 e. The molecule has 1 amide bonds. The molecule has 190 valence electrons. The standard InChI is InChI=1S/C25H26F6N2O2/c1-16(17-11-19(24(26,27)28)13-20(12-17)25(29,30)31)35-15-23(18-5-3-2-4-6-18)10-9-22(14-32-23)8-7-21(34)33-22/h2-6,11-13,16,32H,7-10,14-15H2,1H3,(H,33,34)/t16?,22-,23?/m0/s1. The van der Waals surface area contributed by atoms with Gasteiger partial charge in [-0.25, -0.2) is 0 Å². The summed E-state index contributed by atoms with van der Waals surface area (Å²) in [6, 6.07) is 10.9. The molecule has 2 aliphatic heterocycles. The molecule has 2 saturated heterocycles. The average Bonchev–Trinajstić information content (AvgIpc) is 3.18. The molecule has 2 aromatic rings. The van der Waals surface area contributed by atoms with Crippen molar-refractivity contribution >= 4 is 5.91 Å². The molecule has 2 N–H and O–H groups in total. The highest BCUT2D eigenvalue weighted by molar-refractivity contribution is 5.79. The van der Waals surface area contributed by atoms with Crippen molar-refractivity contribution in [2.75, 3.05) is 13.2 Å². The molecule has 2 unspecified atom stereocenters. The Morgan fingerprint density at radius 2 is 1.57 bits per heavy atom. The third-order valence-electron chi connectivity index (χ3n) is 7.02. The van der Waals surface area contributed by atoms with Crippen LogP contribution in [-0.2, 0) is 27.4 Å². The average molecular weight is 500 g/mol. The SMILES string of the molecule is CC(OCC1(c2ccccc2)CC[C@@]2(CCC(=O)N2)CN1)c1cc(C(F)(F)F)cc(C(F)(F)F)c1. The summed E-state index contributed by atoms with van der Waals surface area (Å²) >= 11 is 0. The number of amides is 1. The zero-order valence-corrected chi connectivity index (χ0v) is 19.0. The number of nitrogens with one attached hydrogen (secondary N) is 2. The van der Waals surface area contributed by atoms with Crippen molar-refractivity contribution < 1.29 is 35.9 Å². The lowest BCUT2D eigenvalue weighted by Gasteiger charge is -2.46. The minimum absolute atomic E-state index is 0.00565. The number of rotatable bonds is 5. The number of alkyl halides is 6. The Bertz CT molecular complexity index is 1030. The van der Waals surface area contributed by atoms with Crippen molar-refractivity contribution in [3.8, 4) is 0 Å². The number of carbonyl (C=O) groups excluding carboxylic acids is 1. The first-order chi connectivity index (χ1) is 16.3. The van der Waals surface area contributed by atoms with Gasteiger partial charge < -0.3 is 15.4 Å². The van der Waals surface area contributed by atoms with Gasteiger partial charge in [0, 0.05) is 13.0 Å². The Balaban J connectivity index is 1.58. The van der Waals surface area contributed by atoms with E-state index in [1.54, 1.807) is 0 Å². The van der Waals surface area contributed by atoms with E-state index in [-0.39, 0.29) is 29.7 Å². The normalized spacial score (nSPS) is 26.1. The molecule has 0 saturated carbocycles. The maximum Gasteiger partial charge on any atom is 0.416 e. The number of carbonyl (C=O) groups is 1. The highest BCUT2D eigenvalue weighted by Gasteiger charge is 2.47. The largest absolute Gasteiger partial charge is 0.416 e. The van der Waals surface area contributed by atoms with Crippen molar-refractivity contribution in [1.29, 1.82) is 0 Å². The van der Waals surface area contributed by atoms with Gasteiger partial charge in [0.1, 0.15) is 0 Å². The predicted molar refractivity (Wildman–Crippen MR) is 116 cm³/mol. The lowest BCUT2D eigenvalue weighted by atomic mass is 9.76. The number of piperidine rings is 1. The summed E-state index contributed by atoms with van der Waals surface area (Å²) < 4.78 is 85.6. The van der Waals surface area contributed by atoms with Gasteiger partial charge >= 0.3 is 12.4 Å². The van der Waals surface area contributed by atoms with Gasteiger partial charge in [0.2, 0.25) is 5.91 Å². The van der Waals surface area contributed by atoms with Crippen LogP contribution in [0.5, 0.6) is 0 Å². The van der Waals surface area contributed by atoms with Gasteiger partial charge in [0.15, 0.2) is 0 Å². The van der Waals surface area contributed by atoms with Crippen molar-refractivity contribution in [2.24, 2.45) is 0 Å². The number of hydrogen-bond donors (Lipinski definition) is 2. The van der Waals surface area contributed by atoms with E-state index >= 15 is 0 Å². The third-order valence-corrected chi connectivity index (χ3v) is 7.02. The first-order valence-electron chi connectivity index (χ1n) is 11.3. The molecule has 2 aliphatic rings. The van der Waals surface area contributed by atoms with Crippen LogP contribution in [0.1, 0.15) is 61.0 Å². The molecule has 0 bridgehead atoms. The zero-order valence-electron chi connectivity index (χ0n) is 19.0. The van der Waals surface area contributed by atoms with E-state index in [9.17, 15) is 31.1 Å². The minimum atomic E-state index is -4.92. The van der Waals surface area contributed by atoms with Crippen molar-refractivity contribution in [3.05, 3.63) is 70.8 Å². The molecule has 0 radical (unpaired) electrons. The summed E-state index contributed by atoms with van der Waals surface area (Å²) in [7, 11) is 0. The lowest BCUT2D eigenvalue weighted by Crippen LogP contribution is -2.61. The van der Waals surface area contributed by atoms with Crippen LogP contribution >= 0.6 is 0 Å². The number of benzene rings is 2. The van der Waals surface area contributed by atoms with E-state index in [1.165, 1.54) is 6.92 Å². The van der Waals surface area contributed by atoms with E-state index in [0.29, 0.717) is 44.4 Å². The molecule has 4 rings (SSSR count). The van der Waals surface area contributed by atoms with Crippen molar-refractivity contribution in [3.63, 3.8) is 0 Å². The van der Waals surface area contributed by atoms with Crippen molar-refractivity contribution in [2.45, 2.75) is 62.1 Å². The summed E-state index contributed by atoms with van der Waals surface area (Å²) in [6.07, 6.45) is -8.49. The lowest BCUT2D eigenvalue weighted by molar-refractivity contribution is -0.143. The fourth-order valence-corrected chi connectivity index (χ4v) is 4.85. The molecule has 35 heavy (non-hydrogen) atoms. The van der Waals surface area contributed by atoms with E-state index in [4.69, 9.17) is 4.74 Å². The molecule has 0 aliphatic carbocycles. The van der Waals surface area contributed by atoms with Crippen LogP contribution in [0.3, 0.4) is 0 Å². The van der Waals surface area contributed by atoms with Gasteiger partial charge in [-0.05, 0) is 55.5 Å². The Morgan fingerprint density at radius 3 is 2.06 bits per heavy atom. The van der Waals surface area contributed by atoms with Gasteiger partial charge in [0.05, 0.1) is 34.9 Å².